The molecule has 0 amide bonds. The van der Waals surface area contributed by atoms with Crippen LogP contribution in [0, 0.1) is 11.8 Å². The summed E-state index contributed by atoms with van der Waals surface area (Å²) in [5.74, 6) is 3.87. The molecule has 144 valence electrons. The summed E-state index contributed by atoms with van der Waals surface area (Å²) in [6.45, 7) is 1.86. The Balaban J connectivity index is 1.45. The summed E-state index contributed by atoms with van der Waals surface area (Å²) in [6.07, 6.45) is 10.2. The number of hydrogen-bond acceptors (Lipinski definition) is 4. The molecule has 2 aromatic heterocycles. The molecule has 3 aliphatic rings. The predicted molar refractivity (Wildman–Crippen MR) is 109 cm³/mol. The molecule has 2 heterocycles. The Bertz CT molecular complexity index is 866. The van der Waals surface area contributed by atoms with E-state index in [0.29, 0.717) is 28.9 Å². The van der Waals surface area contributed by atoms with Gasteiger partial charge in [0.05, 0.1) is 23.8 Å². The third kappa shape index (κ3) is 3.51. The van der Waals surface area contributed by atoms with Crippen molar-refractivity contribution in [3.8, 4) is 0 Å². The van der Waals surface area contributed by atoms with E-state index in [0.717, 1.165) is 42.6 Å². The van der Waals surface area contributed by atoms with E-state index in [-0.39, 0.29) is 0 Å². The van der Waals surface area contributed by atoms with Gasteiger partial charge >= 0.3 is 0 Å². The number of halogens is 1. The van der Waals surface area contributed by atoms with Crippen LogP contribution in [0.3, 0.4) is 0 Å². The minimum atomic E-state index is 0.316. The summed E-state index contributed by atoms with van der Waals surface area (Å²) in [5.41, 5.74) is 7.73. The fraction of sp³-hybridized carbons (Fsp3) is 0.650. The van der Waals surface area contributed by atoms with Crippen LogP contribution in [0.4, 0.5) is 5.82 Å². The number of nitrogens with one attached hydrogen (secondary N) is 1. The Kier molecular flexibility index (Phi) is 4.26. The van der Waals surface area contributed by atoms with Crippen molar-refractivity contribution >= 4 is 28.9 Å². The first-order chi connectivity index (χ1) is 13.1. The lowest BCUT2D eigenvalue weighted by molar-refractivity contribution is 0.524. The van der Waals surface area contributed by atoms with Gasteiger partial charge in [-0.05, 0) is 63.7 Å². The molecule has 5 rings (SSSR count). The van der Waals surface area contributed by atoms with Crippen LogP contribution >= 0.6 is 11.6 Å². The number of hydrogen-bond donors (Lipinski definition) is 2. The normalized spacial score (nSPS) is 26.3. The molecule has 27 heavy (non-hydrogen) atoms. The summed E-state index contributed by atoms with van der Waals surface area (Å²) < 4.78 is 1.85. The Morgan fingerprint density at radius 1 is 1.26 bits per heavy atom. The number of nitrogens with zero attached hydrogens (tertiary/aromatic N) is 4. The second-order valence-corrected chi connectivity index (χ2v) is 8.98. The Hall–Kier alpha value is -1.82. The van der Waals surface area contributed by atoms with Crippen molar-refractivity contribution in [1.29, 1.82) is 0 Å². The van der Waals surface area contributed by atoms with Crippen LogP contribution in [-0.2, 0) is 0 Å². The van der Waals surface area contributed by atoms with Crippen LogP contribution in [0.25, 0.3) is 5.65 Å². The fourth-order valence-electron chi connectivity index (χ4n) is 4.71. The van der Waals surface area contributed by atoms with E-state index in [2.05, 4.69) is 21.5 Å². The number of rotatable bonds is 6. The molecule has 0 unspecified atom stereocenters. The summed E-state index contributed by atoms with van der Waals surface area (Å²) in [7, 11) is 0. The molecule has 3 saturated carbocycles. The molecule has 7 heteroatoms. The van der Waals surface area contributed by atoms with Crippen molar-refractivity contribution in [3.63, 3.8) is 0 Å². The van der Waals surface area contributed by atoms with E-state index < -0.39 is 0 Å². The zero-order valence-corrected chi connectivity index (χ0v) is 16.5. The van der Waals surface area contributed by atoms with E-state index in [1.807, 2.05) is 11.4 Å². The van der Waals surface area contributed by atoms with E-state index in [1.165, 1.54) is 31.4 Å². The average Bonchev–Trinajstić information content (AvgIpc) is 3.55. The highest BCUT2D eigenvalue weighted by molar-refractivity contribution is 6.33. The van der Waals surface area contributed by atoms with Crippen molar-refractivity contribution in [3.05, 3.63) is 23.0 Å². The molecule has 3 fully saturated rings. The van der Waals surface area contributed by atoms with Gasteiger partial charge in [-0.25, -0.2) is 4.98 Å². The minimum absolute atomic E-state index is 0.316. The third-order valence-corrected chi connectivity index (χ3v) is 6.46. The van der Waals surface area contributed by atoms with Crippen LogP contribution in [0.1, 0.15) is 63.5 Å². The maximum atomic E-state index is 6.40. The Morgan fingerprint density at radius 3 is 2.67 bits per heavy atom. The molecule has 3 aliphatic carbocycles. The first-order valence-electron chi connectivity index (χ1n) is 10.2. The fourth-order valence-corrected chi connectivity index (χ4v) is 4.88. The van der Waals surface area contributed by atoms with Gasteiger partial charge < -0.3 is 11.1 Å². The van der Waals surface area contributed by atoms with Crippen molar-refractivity contribution < 1.29 is 0 Å². The van der Waals surface area contributed by atoms with Gasteiger partial charge in [0.2, 0.25) is 0 Å². The molecular formula is C20H27ClN6. The molecule has 0 radical (unpaired) electrons. The molecule has 0 aromatic carbocycles. The maximum absolute atomic E-state index is 6.40. The number of aliphatic imine (C=N–C) groups is 1. The molecule has 6 nitrogen and oxygen atoms in total. The van der Waals surface area contributed by atoms with Crippen molar-refractivity contribution in [2.75, 3.05) is 5.32 Å². The summed E-state index contributed by atoms with van der Waals surface area (Å²) in [6, 6.07) is 2.92. The molecule has 2 aromatic rings. The van der Waals surface area contributed by atoms with Gasteiger partial charge in [0.25, 0.3) is 0 Å². The van der Waals surface area contributed by atoms with E-state index in [9.17, 15) is 0 Å². The quantitative estimate of drug-likeness (QED) is 0.580. The number of nitrogens with two attached hydrogens (primary N) is 1. The smallest absolute Gasteiger partial charge is 0.176 e. The van der Waals surface area contributed by atoms with Gasteiger partial charge in [0.15, 0.2) is 5.65 Å². The van der Waals surface area contributed by atoms with Gasteiger partial charge in [0.1, 0.15) is 10.8 Å². The summed E-state index contributed by atoms with van der Waals surface area (Å²) in [4.78, 5) is 9.48. The highest BCUT2D eigenvalue weighted by Crippen LogP contribution is 2.54. The zero-order chi connectivity index (χ0) is 18.5. The molecule has 0 aliphatic heterocycles. The van der Waals surface area contributed by atoms with Gasteiger partial charge in [0, 0.05) is 18.0 Å². The van der Waals surface area contributed by atoms with Crippen LogP contribution in [0.15, 0.2) is 17.3 Å². The van der Waals surface area contributed by atoms with Crippen molar-refractivity contribution in [2.24, 2.45) is 22.6 Å². The minimum Gasteiger partial charge on any atom is -0.388 e. The highest BCUT2D eigenvalue weighted by Gasteiger charge is 2.43. The largest absolute Gasteiger partial charge is 0.388 e. The van der Waals surface area contributed by atoms with Gasteiger partial charge in [-0.2, -0.15) is 9.61 Å². The van der Waals surface area contributed by atoms with E-state index in [4.69, 9.17) is 22.3 Å². The van der Waals surface area contributed by atoms with Gasteiger partial charge in [-0.1, -0.05) is 11.6 Å². The molecule has 0 spiro atoms. The molecule has 0 saturated heterocycles. The van der Waals surface area contributed by atoms with Crippen molar-refractivity contribution in [2.45, 2.75) is 69.9 Å². The molecule has 0 bridgehead atoms. The second-order valence-electron chi connectivity index (χ2n) is 8.57. The van der Waals surface area contributed by atoms with Crippen LogP contribution in [-0.4, -0.2) is 32.5 Å². The first-order valence-corrected chi connectivity index (χ1v) is 10.6. The summed E-state index contributed by atoms with van der Waals surface area (Å²) in [5, 5.41) is 8.79. The lowest BCUT2D eigenvalue weighted by Crippen LogP contribution is -2.20. The highest BCUT2D eigenvalue weighted by atomic mass is 35.5. The third-order valence-electron chi connectivity index (χ3n) is 6.19. The Morgan fingerprint density at radius 2 is 2.00 bits per heavy atom. The lowest BCUT2D eigenvalue weighted by atomic mass is 9.93. The monoisotopic (exact) mass is 386 g/mol. The first kappa shape index (κ1) is 17.3. The van der Waals surface area contributed by atoms with Crippen LogP contribution in [0.5, 0.6) is 0 Å². The second kappa shape index (κ2) is 6.66. The number of fused-ring (bicyclic) bond motifs is 1. The van der Waals surface area contributed by atoms with E-state index >= 15 is 0 Å². The number of aromatic nitrogens is 3. The molecular weight excluding hydrogens is 360 g/mol. The van der Waals surface area contributed by atoms with Crippen molar-refractivity contribution in [1.82, 2.24) is 14.6 Å². The van der Waals surface area contributed by atoms with E-state index in [1.54, 1.807) is 6.20 Å². The van der Waals surface area contributed by atoms with Crippen LogP contribution in [0.2, 0.25) is 5.02 Å². The zero-order valence-electron chi connectivity index (χ0n) is 15.7. The topological polar surface area (TPSA) is 80.6 Å². The lowest BCUT2D eigenvalue weighted by Gasteiger charge is -2.19. The SMILES string of the molecule is CC(N)=N[C@H]1CC[C@H](Nc2cc(C(C3CC3)C3CC3)nc3c(Cl)cnn23)C1. The number of anilines is 1. The predicted octanol–water partition coefficient (Wildman–Crippen LogP) is 4.00. The molecule has 3 N–H and O–H groups in total. The molecule has 2 atom stereocenters. The summed E-state index contributed by atoms with van der Waals surface area (Å²) >= 11 is 6.40. The van der Waals surface area contributed by atoms with Gasteiger partial charge in [-0.15, -0.1) is 0 Å². The maximum Gasteiger partial charge on any atom is 0.176 e. The number of amidine groups is 1. The van der Waals surface area contributed by atoms with Gasteiger partial charge in [-0.3, -0.25) is 4.99 Å². The Labute approximate surface area is 164 Å². The van der Waals surface area contributed by atoms with Crippen LogP contribution < -0.4 is 11.1 Å². The average molecular weight is 387 g/mol. The standard InChI is InChI=1S/C20H27ClN6/c1-11(22)24-14-6-7-15(8-14)25-18-9-17(19(12-2-3-12)13-4-5-13)26-20-16(21)10-23-27(18)20/h9-10,12-15,19,25H,2-8H2,1H3,(H2,22,24)/t14-,15-/m0/s1.